The highest BCUT2D eigenvalue weighted by Crippen LogP contribution is 2.38. The minimum absolute atomic E-state index is 0.0165. The Hall–Kier alpha value is -3.74. The molecule has 6 nitrogen and oxygen atoms in total. The molecule has 44 heavy (non-hydrogen) atoms. The van der Waals surface area contributed by atoms with Gasteiger partial charge in [-0.25, -0.2) is 18.0 Å². The van der Waals surface area contributed by atoms with Gasteiger partial charge >= 0.3 is 12.1 Å². The number of ether oxygens (including phenoxy) is 2. The van der Waals surface area contributed by atoms with Crippen LogP contribution < -0.4 is 14.8 Å². The molecule has 1 fully saturated rings. The number of carbonyl (C=O) groups is 1. The lowest BCUT2D eigenvalue weighted by atomic mass is 9.94. The van der Waals surface area contributed by atoms with Gasteiger partial charge in [0, 0.05) is 18.7 Å². The molecule has 0 atom stereocenters. The van der Waals surface area contributed by atoms with Gasteiger partial charge in [-0.3, -0.25) is 0 Å². The number of aliphatic carboxylic acids is 1. The van der Waals surface area contributed by atoms with Crippen LogP contribution in [0.1, 0.15) is 36.0 Å². The van der Waals surface area contributed by atoms with Crippen molar-refractivity contribution >= 4 is 23.1 Å². The number of rotatable bonds is 10. The molecular formula is C31H28ClF6N2O4-. The normalized spacial score (nSPS) is 15.0. The van der Waals surface area contributed by atoms with E-state index in [1.54, 1.807) is 30.3 Å². The zero-order valence-electron chi connectivity index (χ0n) is 23.2. The van der Waals surface area contributed by atoms with Crippen LogP contribution in [-0.4, -0.2) is 43.4 Å². The summed E-state index contributed by atoms with van der Waals surface area (Å²) in [6.07, 6.45) is -1.70. The van der Waals surface area contributed by atoms with E-state index in [0.29, 0.717) is 54.6 Å². The third kappa shape index (κ3) is 9.13. The number of hydrogen-bond acceptors (Lipinski definition) is 4. The van der Waals surface area contributed by atoms with Gasteiger partial charge in [0.25, 0.3) is 0 Å². The average molecular weight is 642 g/mol. The summed E-state index contributed by atoms with van der Waals surface area (Å²) in [5.41, 5.74) is 1.60. The number of nitrogens with one attached hydrogen (secondary N) is 1. The first-order valence-corrected chi connectivity index (χ1v) is 14.0. The van der Waals surface area contributed by atoms with Crippen molar-refractivity contribution < 1.29 is 45.7 Å². The molecule has 0 unspecified atom stereocenters. The molecule has 0 aromatic heterocycles. The predicted octanol–water partition coefficient (Wildman–Crippen LogP) is 7.79. The van der Waals surface area contributed by atoms with E-state index in [9.17, 15) is 36.2 Å². The fraction of sp³-hybridized carbons (Fsp3) is 0.323. The molecule has 236 valence electrons. The Balaban J connectivity index is 0.000000233. The second-order valence-corrected chi connectivity index (χ2v) is 10.3. The lowest BCUT2D eigenvalue weighted by Crippen LogP contribution is -2.28. The first-order chi connectivity index (χ1) is 20.9. The van der Waals surface area contributed by atoms with Gasteiger partial charge < -0.3 is 25.2 Å². The first kappa shape index (κ1) is 33.2. The van der Waals surface area contributed by atoms with Crippen molar-refractivity contribution in [2.24, 2.45) is 0 Å². The van der Waals surface area contributed by atoms with Crippen molar-refractivity contribution in [3.05, 3.63) is 105 Å². The second kappa shape index (κ2) is 14.8. The highest BCUT2D eigenvalue weighted by molar-refractivity contribution is 6.32. The van der Waals surface area contributed by atoms with Gasteiger partial charge in [-0.15, -0.1) is 12.6 Å². The largest absolute Gasteiger partial charge is 0.656 e. The molecule has 0 radical (unpaired) electrons. The fourth-order valence-corrected chi connectivity index (χ4v) is 4.63. The monoisotopic (exact) mass is 641 g/mol. The van der Waals surface area contributed by atoms with Crippen molar-refractivity contribution in [1.82, 2.24) is 5.32 Å². The van der Waals surface area contributed by atoms with E-state index in [4.69, 9.17) is 21.1 Å². The highest BCUT2D eigenvalue weighted by atomic mass is 35.5. The summed E-state index contributed by atoms with van der Waals surface area (Å²) in [4.78, 5) is 11.4. The van der Waals surface area contributed by atoms with E-state index in [-0.39, 0.29) is 24.8 Å². The van der Waals surface area contributed by atoms with Crippen LogP contribution in [0.3, 0.4) is 0 Å². The summed E-state index contributed by atoms with van der Waals surface area (Å²) < 4.78 is 87.8. The van der Waals surface area contributed by atoms with Gasteiger partial charge in [0.05, 0.1) is 16.2 Å². The minimum Gasteiger partial charge on any atom is -0.656 e. The summed E-state index contributed by atoms with van der Waals surface area (Å²) in [6, 6.07) is 12.2. The van der Waals surface area contributed by atoms with Crippen LogP contribution >= 0.6 is 11.6 Å². The minimum atomic E-state index is -4.40. The summed E-state index contributed by atoms with van der Waals surface area (Å²) in [7, 11) is 0. The molecule has 1 aliphatic carbocycles. The van der Waals surface area contributed by atoms with Crippen molar-refractivity contribution in [2.45, 2.75) is 38.0 Å². The number of alkyl halides is 3. The number of halogens is 7. The number of carboxylic acids is 1. The van der Waals surface area contributed by atoms with Crippen molar-refractivity contribution in [2.75, 3.05) is 26.3 Å². The summed E-state index contributed by atoms with van der Waals surface area (Å²) in [5, 5.41) is 16.4. The molecule has 2 aliphatic rings. The van der Waals surface area contributed by atoms with Crippen LogP contribution in [0.15, 0.2) is 60.2 Å². The van der Waals surface area contributed by atoms with E-state index in [1.165, 1.54) is 6.07 Å². The van der Waals surface area contributed by atoms with Crippen molar-refractivity contribution in [3.8, 4) is 11.5 Å². The molecule has 1 aliphatic heterocycles. The van der Waals surface area contributed by atoms with Crippen LogP contribution in [-0.2, 0) is 17.5 Å². The van der Waals surface area contributed by atoms with Gasteiger partial charge in [0.1, 0.15) is 24.8 Å². The first-order valence-electron chi connectivity index (χ1n) is 13.6. The molecule has 0 amide bonds. The second-order valence-electron chi connectivity index (χ2n) is 9.96. The molecular weight excluding hydrogens is 614 g/mol. The summed E-state index contributed by atoms with van der Waals surface area (Å²) in [6.45, 7) is 1.17. The molecule has 2 N–H and O–H groups in total. The molecule has 3 aromatic carbocycles. The van der Waals surface area contributed by atoms with Crippen LogP contribution in [0.5, 0.6) is 11.5 Å². The average Bonchev–Trinajstić information content (AvgIpc) is 3.80. The predicted molar refractivity (Wildman–Crippen MR) is 152 cm³/mol. The Morgan fingerprint density at radius 2 is 1.66 bits per heavy atom. The quantitative estimate of drug-likeness (QED) is 0.175. The van der Waals surface area contributed by atoms with E-state index in [2.05, 4.69) is 10.6 Å². The van der Waals surface area contributed by atoms with E-state index < -0.39 is 40.9 Å². The Kier molecular flexibility index (Phi) is 11.2. The SMILES string of the molecule is FC(F)(F)c1cccc(C[N-]C2CC2)c1Cl.O=C(O)C1=C(c2ccc(OCCOc3c(F)cc(F)cc3F)cc2)CCNC1. The standard InChI is InChI=1S/C20H18F3NO4.C11H10ClF3N/c21-13-9-17(22)19(18(23)10-13)28-8-7-27-14-3-1-12(2-4-14)15-5-6-24-11-16(15)20(25)26;12-10-7(6-16-8-4-5-8)2-1-3-9(10)11(13,14)15/h1-4,9-10,24H,5-8,11H2,(H,25,26);1-3,8H,4-6H2/q;-1. The Morgan fingerprint density at radius 3 is 2.27 bits per heavy atom. The molecule has 5 rings (SSSR count). The lowest BCUT2D eigenvalue weighted by molar-refractivity contribution is -0.137. The zero-order valence-corrected chi connectivity index (χ0v) is 24.0. The third-order valence-electron chi connectivity index (χ3n) is 6.69. The number of nitrogens with zero attached hydrogens (tertiary/aromatic N) is 1. The van der Waals surface area contributed by atoms with Gasteiger partial charge in [-0.1, -0.05) is 48.7 Å². The third-order valence-corrected chi connectivity index (χ3v) is 7.14. The zero-order chi connectivity index (χ0) is 31.9. The van der Waals surface area contributed by atoms with Crippen LogP contribution in [0.25, 0.3) is 10.9 Å². The lowest BCUT2D eigenvalue weighted by Gasteiger charge is -2.20. The molecule has 3 aromatic rings. The highest BCUT2D eigenvalue weighted by Gasteiger charge is 2.33. The fourth-order valence-electron chi connectivity index (χ4n) is 4.34. The summed E-state index contributed by atoms with van der Waals surface area (Å²) >= 11 is 5.72. The molecule has 0 bridgehead atoms. The van der Waals surface area contributed by atoms with Crippen LogP contribution in [0.2, 0.25) is 5.02 Å². The summed E-state index contributed by atoms with van der Waals surface area (Å²) in [5.74, 6) is -4.36. The maximum absolute atomic E-state index is 13.5. The van der Waals surface area contributed by atoms with Crippen LogP contribution in [0, 0.1) is 17.5 Å². The Morgan fingerprint density at radius 1 is 1.00 bits per heavy atom. The maximum atomic E-state index is 13.5. The molecule has 1 saturated carbocycles. The Labute approximate surface area is 254 Å². The molecule has 1 heterocycles. The van der Waals surface area contributed by atoms with Gasteiger partial charge in [-0.2, -0.15) is 13.2 Å². The molecule has 13 heteroatoms. The van der Waals surface area contributed by atoms with Crippen molar-refractivity contribution in [1.29, 1.82) is 0 Å². The smallest absolute Gasteiger partial charge is 0.417 e. The Bertz CT molecular complexity index is 1470. The topological polar surface area (TPSA) is 81.9 Å². The van der Waals surface area contributed by atoms with E-state index >= 15 is 0 Å². The van der Waals surface area contributed by atoms with Crippen LogP contribution in [0.4, 0.5) is 26.3 Å². The number of hydrogen-bond donors (Lipinski definition) is 2. The van der Waals surface area contributed by atoms with Gasteiger partial charge in [-0.05, 0) is 47.9 Å². The van der Waals surface area contributed by atoms with Crippen molar-refractivity contribution in [3.63, 3.8) is 0 Å². The molecule has 0 saturated heterocycles. The number of benzene rings is 3. The maximum Gasteiger partial charge on any atom is 0.417 e. The van der Waals surface area contributed by atoms with Gasteiger partial charge in [0.15, 0.2) is 17.4 Å². The van der Waals surface area contributed by atoms with E-state index in [1.807, 2.05) is 0 Å². The van der Waals surface area contributed by atoms with Gasteiger partial charge in [0.2, 0.25) is 0 Å². The number of carboxylic acid groups (broad SMARTS) is 1. The van der Waals surface area contributed by atoms with E-state index in [0.717, 1.165) is 30.0 Å². The molecule has 0 spiro atoms.